The summed E-state index contributed by atoms with van der Waals surface area (Å²) < 4.78 is 12.1. The molecule has 2 bridgehead atoms. The molecule has 0 spiro atoms. The molecule has 0 radical (unpaired) electrons. The van der Waals surface area contributed by atoms with Crippen molar-refractivity contribution in [1.82, 2.24) is 10.3 Å². The van der Waals surface area contributed by atoms with Gasteiger partial charge in [-0.15, -0.1) is 0 Å². The maximum absolute atomic E-state index is 12.7. The molecule has 2 N–H and O–H groups in total. The minimum Gasteiger partial charge on any atom is -0.481 e. The molecule has 3 fully saturated rings. The summed E-state index contributed by atoms with van der Waals surface area (Å²) in [4.78, 5) is 28.4. The third-order valence-corrected chi connectivity index (χ3v) is 7.59. The van der Waals surface area contributed by atoms with Crippen molar-refractivity contribution in [1.29, 1.82) is 0 Å². The van der Waals surface area contributed by atoms with Crippen molar-refractivity contribution in [3.05, 3.63) is 53.2 Å². The number of aromatic nitrogens is 1. The molecule has 5 rings (SSSR count). The quantitative estimate of drug-likeness (QED) is 0.621. The Kier molecular flexibility index (Phi) is 6.49. The zero-order chi connectivity index (χ0) is 22.8. The monoisotopic (exact) mass is 452 g/mol. The molecular formula is C26H32N2O5. The fourth-order valence-corrected chi connectivity index (χ4v) is 5.92. The first-order valence-electron chi connectivity index (χ1n) is 12.3. The number of rotatable bonds is 8. The lowest BCUT2D eigenvalue weighted by Crippen LogP contribution is -2.36. The van der Waals surface area contributed by atoms with Crippen LogP contribution in [0.4, 0.5) is 0 Å². The van der Waals surface area contributed by atoms with Gasteiger partial charge >= 0.3 is 5.97 Å². The van der Waals surface area contributed by atoms with Gasteiger partial charge in [0.1, 0.15) is 6.26 Å². The van der Waals surface area contributed by atoms with Crippen LogP contribution in [0.2, 0.25) is 0 Å². The molecule has 1 aromatic heterocycles. The Balaban J connectivity index is 1.31. The smallest absolute Gasteiger partial charge is 0.303 e. The maximum Gasteiger partial charge on any atom is 0.303 e. The second kappa shape index (κ2) is 9.67. The van der Waals surface area contributed by atoms with Crippen molar-refractivity contribution in [2.75, 3.05) is 0 Å². The number of aliphatic carboxylic acids is 1. The average molecular weight is 453 g/mol. The highest BCUT2D eigenvalue weighted by atomic mass is 16.5. The highest BCUT2D eigenvalue weighted by Gasteiger charge is 2.51. The van der Waals surface area contributed by atoms with Crippen molar-refractivity contribution in [3.63, 3.8) is 0 Å². The van der Waals surface area contributed by atoms with E-state index in [1.807, 2.05) is 18.2 Å². The van der Waals surface area contributed by atoms with Gasteiger partial charge in [-0.1, -0.05) is 43.5 Å². The van der Waals surface area contributed by atoms with Crippen molar-refractivity contribution in [2.24, 2.45) is 5.92 Å². The molecule has 3 heterocycles. The third-order valence-electron chi connectivity index (χ3n) is 7.59. The molecular weight excluding hydrogens is 420 g/mol. The summed E-state index contributed by atoms with van der Waals surface area (Å²) in [5.41, 5.74) is 2.58. The molecule has 176 valence electrons. The summed E-state index contributed by atoms with van der Waals surface area (Å²) in [6.07, 6.45) is 10.7. The van der Waals surface area contributed by atoms with Crippen LogP contribution >= 0.6 is 0 Å². The van der Waals surface area contributed by atoms with E-state index < -0.39 is 5.97 Å². The first-order chi connectivity index (χ1) is 16.1. The van der Waals surface area contributed by atoms with Gasteiger partial charge in [-0.25, -0.2) is 4.98 Å². The van der Waals surface area contributed by atoms with Crippen LogP contribution in [-0.4, -0.2) is 40.2 Å². The standard InChI is InChI=1S/C26H32N2O5/c29-23(30)13-10-16-6-4-5-7-17(16)14-19-21-11-12-22(33-21)24(19)26-28-20(15-32-26)25(31)27-18-8-2-1-3-9-18/h4-7,15,18-19,21-22,24H,1-3,8-14H2,(H,27,31)(H,29,30)/t19-,21-,22+,24-/m0/s1. The number of amides is 1. The number of carboxylic acids is 1. The van der Waals surface area contributed by atoms with E-state index in [9.17, 15) is 9.59 Å². The number of carbonyl (C=O) groups excluding carboxylic acids is 1. The van der Waals surface area contributed by atoms with E-state index in [1.54, 1.807) is 0 Å². The molecule has 7 nitrogen and oxygen atoms in total. The van der Waals surface area contributed by atoms with Gasteiger partial charge in [-0.2, -0.15) is 0 Å². The molecule has 1 aromatic carbocycles. The summed E-state index contributed by atoms with van der Waals surface area (Å²) in [5, 5.41) is 12.2. The largest absolute Gasteiger partial charge is 0.481 e. The predicted octanol–water partition coefficient (Wildman–Crippen LogP) is 4.26. The van der Waals surface area contributed by atoms with E-state index in [4.69, 9.17) is 14.3 Å². The van der Waals surface area contributed by atoms with Crippen molar-refractivity contribution in [2.45, 2.75) is 88.4 Å². The highest BCUT2D eigenvalue weighted by molar-refractivity contribution is 5.92. The van der Waals surface area contributed by atoms with Gasteiger partial charge < -0.3 is 19.6 Å². The van der Waals surface area contributed by atoms with Gasteiger partial charge in [0, 0.05) is 18.4 Å². The first kappa shape index (κ1) is 22.1. The van der Waals surface area contributed by atoms with Gasteiger partial charge in [0.2, 0.25) is 5.89 Å². The van der Waals surface area contributed by atoms with Crippen LogP contribution < -0.4 is 5.32 Å². The Hall–Kier alpha value is -2.67. The molecule has 3 aliphatic rings. The number of aryl methyl sites for hydroxylation is 1. The second-order valence-electron chi connectivity index (χ2n) is 9.73. The molecule has 2 aromatic rings. The fraction of sp³-hybridized carbons (Fsp3) is 0.577. The molecule has 2 saturated heterocycles. The number of nitrogens with zero attached hydrogens (tertiary/aromatic N) is 1. The normalized spacial score (nSPS) is 27.0. The van der Waals surface area contributed by atoms with E-state index in [1.165, 1.54) is 12.7 Å². The van der Waals surface area contributed by atoms with Crippen LogP contribution in [0.5, 0.6) is 0 Å². The van der Waals surface area contributed by atoms with Crippen LogP contribution in [0.1, 0.15) is 84.8 Å². The van der Waals surface area contributed by atoms with Gasteiger partial charge in [0.05, 0.1) is 18.1 Å². The summed E-state index contributed by atoms with van der Waals surface area (Å²) >= 11 is 0. The molecule has 1 aliphatic carbocycles. The molecule has 1 amide bonds. The number of hydrogen-bond donors (Lipinski definition) is 2. The lowest BCUT2D eigenvalue weighted by Gasteiger charge is -2.26. The summed E-state index contributed by atoms with van der Waals surface area (Å²) in [6, 6.07) is 8.29. The number of benzene rings is 1. The minimum atomic E-state index is -0.787. The molecule has 1 saturated carbocycles. The molecule has 7 heteroatoms. The van der Waals surface area contributed by atoms with E-state index in [0.29, 0.717) is 18.0 Å². The van der Waals surface area contributed by atoms with Crippen molar-refractivity contribution in [3.8, 4) is 0 Å². The summed E-state index contributed by atoms with van der Waals surface area (Å²) in [5.74, 6) is -0.152. The Morgan fingerprint density at radius 2 is 1.79 bits per heavy atom. The highest BCUT2D eigenvalue weighted by Crippen LogP contribution is 2.50. The number of hydrogen-bond acceptors (Lipinski definition) is 5. The van der Waals surface area contributed by atoms with Crippen molar-refractivity contribution < 1.29 is 23.8 Å². The van der Waals surface area contributed by atoms with Crippen LogP contribution in [0.25, 0.3) is 0 Å². The van der Waals surface area contributed by atoms with Gasteiger partial charge in [-0.3, -0.25) is 9.59 Å². The molecule has 2 aliphatic heterocycles. The molecule has 0 unspecified atom stereocenters. The Morgan fingerprint density at radius 3 is 2.58 bits per heavy atom. The number of fused-ring (bicyclic) bond motifs is 2. The zero-order valence-corrected chi connectivity index (χ0v) is 18.9. The van der Waals surface area contributed by atoms with Crippen LogP contribution in [0.3, 0.4) is 0 Å². The molecule has 4 atom stereocenters. The van der Waals surface area contributed by atoms with Gasteiger partial charge in [0.25, 0.3) is 5.91 Å². The Labute approximate surface area is 193 Å². The fourth-order valence-electron chi connectivity index (χ4n) is 5.92. The number of ether oxygens (including phenoxy) is 1. The zero-order valence-electron chi connectivity index (χ0n) is 18.9. The number of carboxylic acid groups (broad SMARTS) is 1. The van der Waals surface area contributed by atoms with E-state index in [-0.39, 0.29) is 42.4 Å². The van der Waals surface area contributed by atoms with E-state index in [0.717, 1.165) is 56.1 Å². The SMILES string of the molecule is O=C(O)CCc1ccccc1C[C@@H]1[C@H](c2nc(C(=O)NC3CCCCC3)co2)[C@H]2CC[C@@H]1O2. The van der Waals surface area contributed by atoms with Gasteiger partial charge in [-0.05, 0) is 49.7 Å². The predicted molar refractivity (Wildman–Crippen MR) is 121 cm³/mol. The summed E-state index contributed by atoms with van der Waals surface area (Å²) in [7, 11) is 0. The van der Waals surface area contributed by atoms with Crippen molar-refractivity contribution >= 4 is 11.9 Å². The van der Waals surface area contributed by atoms with E-state index in [2.05, 4.69) is 16.4 Å². The van der Waals surface area contributed by atoms with E-state index >= 15 is 0 Å². The number of nitrogens with one attached hydrogen (secondary N) is 1. The number of oxazole rings is 1. The summed E-state index contributed by atoms with van der Waals surface area (Å²) in [6.45, 7) is 0. The minimum absolute atomic E-state index is 0.00695. The number of carbonyl (C=O) groups is 2. The van der Waals surface area contributed by atoms with Crippen LogP contribution in [0, 0.1) is 5.92 Å². The van der Waals surface area contributed by atoms with Crippen LogP contribution in [0.15, 0.2) is 34.9 Å². The molecule has 33 heavy (non-hydrogen) atoms. The Bertz CT molecular complexity index is 996. The van der Waals surface area contributed by atoms with Gasteiger partial charge in [0.15, 0.2) is 5.69 Å². The third kappa shape index (κ3) is 4.83. The topological polar surface area (TPSA) is 102 Å². The second-order valence-corrected chi connectivity index (χ2v) is 9.73. The lowest BCUT2D eigenvalue weighted by atomic mass is 9.75. The Morgan fingerprint density at radius 1 is 1.03 bits per heavy atom. The van der Waals surface area contributed by atoms with Crippen LogP contribution in [-0.2, 0) is 22.4 Å². The average Bonchev–Trinajstić information content (AvgIpc) is 3.56. The maximum atomic E-state index is 12.7. The lowest BCUT2D eigenvalue weighted by molar-refractivity contribution is -0.136. The first-order valence-corrected chi connectivity index (χ1v) is 12.3.